The van der Waals surface area contributed by atoms with E-state index < -0.39 is 29.9 Å². The highest BCUT2D eigenvalue weighted by molar-refractivity contribution is 6.09. The predicted molar refractivity (Wildman–Crippen MR) is 116 cm³/mol. The predicted octanol–water partition coefficient (Wildman–Crippen LogP) is 2.86. The summed E-state index contributed by atoms with van der Waals surface area (Å²) in [6, 6.07) is 11.9. The molecule has 1 fully saturated rings. The van der Waals surface area contributed by atoms with E-state index in [0.717, 1.165) is 21.4 Å². The number of ketones is 1. The van der Waals surface area contributed by atoms with Gasteiger partial charge in [-0.05, 0) is 37.6 Å². The van der Waals surface area contributed by atoms with Crippen molar-refractivity contribution in [3.05, 3.63) is 65.9 Å². The third kappa shape index (κ3) is 3.92. The summed E-state index contributed by atoms with van der Waals surface area (Å²) < 4.78 is 0. The minimum absolute atomic E-state index is 0.127. The maximum absolute atomic E-state index is 12.9. The van der Waals surface area contributed by atoms with Gasteiger partial charge in [0.25, 0.3) is 5.91 Å². The first-order chi connectivity index (χ1) is 14.8. The van der Waals surface area contributed by atoms with Gasteiger partial charge in [-0.1, -0.05) is 30.3 Å². The van der Waals surface area contributed by atoms with Crippen LogP contribution in [0.15, 0.2) is 54.7 Å². The number of H-pyrrole nitrogens is 1. The first-order valence-corrected chi connectivity index (χ1v) is 9.95. The fraction of sp³-hybridized carbons (Fsp3) is 0.217. The second-order valence-corrected chi connectivity index (χ2v) is 7.58. The molecule has 8 nitrogen and oxygen atoms in total. The van der Waals surface area contributed by atoms with Gasteiger partial charge in [-0.25, -0.2) is 4.79 Å². The van der Waals surface area contributed by atoms with Crippen molar-refractivity contribution in [1.82, 2.24) is 15.2 Å². The lowest BCUT2D eigenvalue weighted by Gasteiger charge is -2.21. The number of nitrogens with zero attached hydrogens (tertiary/aromatic N) is 1. The Morgan fingerprint density at radius 1 is 1.13 bits per heavy atom. The van der Waals surface area contributed by atoms with Crippen LogP contribution in [-0.2, 0) is 16.0 Å². The number of nitrogens with one attached hydrogen (secondary N) is 3. The number of imide groups is 1. The molecule has 3 aromatic rings. The first kappa shape index (κ1) is 20.3. The number of carbonyl (C=O) groups is 4. The molecule has 8 heteroatoms. The highest BCUT2D eigenvalue weighted by Crippen LogP contribution is 2.22. The molecular weight excluding hydrogens is 396 g/mol. The van der Waals surface area contributed by atoms with Crippen LogP contribution in [0.5, 0.6) is 0 Å². The molecular formula is C23H22N4O4. The average Bonchev–Trinajstić information content (AvgIpc) is 3.28. The molecule has 0 saturated carbocycles. The van der Waals surface area contributed by atoms with Crippen LogP contribution in [0.3, 0.4) is 0 Å². The van der Waals surface area contributed by atoms with Crippen LogP contribution < -0.4 is 10.6 Å². The van der Waals surface area contributed by atoms with Crippen molar-refractivity contribution in [2.45, 2.75) is 32.4 Å². The lowest BCUT2D eigenvalue weighted by atomic mass is 10.0. The molecule has 1 aliphatic rings. The maximum atomic E-state index is 12.9. The Bertz CT molecular complexity index is 1200. The molecule has 2 atom stereocenters. The molecule has 0 radical (unpaired) electrons. The lowest BCUT2D eigenvalue weighted by Crippen LogP contribution is -2.46. The van der Waals surface area contributed by atoms with Crippen molar-refractivity contribution in [1.29, 1.82) is 0 Å². The van der Waals surface area contributed by atoms with E-state index in [4.69, 9.17) is 0 Å². The Hall–Kier alpha value is -3.94. The van der Waals surface area contributed by atoms with E-state index >= 15 is 0 Å². The summed E-state index contributed by atoms with van der Waals surface area (Å²) in [6.45, 7) is 2.93. The van der Waals surface area contributed by atoms with Crippen LogP contribution >= 0.6 is 0 Å². The Balaban J connectivity index is 1.47. The van der Waals surface area contributed by atoms with Crippen molar-refractivity contribution in [3.8, 4) is 0 Å². The zero-order valence-corrected chi connectivity index (χ0v) is 17.1. The number of Topliss-reactive ketones (excluding diaryl/α,β-unsaturated/α-hetero) is 1. The Morgan fingerprint density at radius 2 is 1.90 bits per heavy atom. The molecule has 0 unspecified atom stereocenters. The molecule has 1 aromatic heterocycles. The minimum atomic E-state index is -1.01. The van der Waals surface area contributed by atoms with Crippen LogP contribution in [-0.4, -0.2) is 45.6 Å². The second-order valence-electron chi connectivity index (χ2n) is 7.58. The van der Waals surface area contributed by atoms with Crippen molar-refractivity contribution in [2.24, 2.45) is 0 Å². The molecule has 4 amide bonds. The van der Waals surface area contributed by atoms with E-state index in [1.807, 2.05) is 30.5 Å². The molecule has 1 saturated heterocycles. The van der Waals surface area contributed by atoms with Crippen LogP contribution in [0.25, 0.3) is 10.9 Å². The zero-order valence-electron chi connectivity index (χ0n) is 17.1. The smallest absolute Gasteiger partial charge is 0.325 e. The number of para-hydroxylation sites is 1. The van der Waals surface area contributed by atoms with Gasteiger partial charge in [-0.3, -0.25) is 19.3 Å². The number of aromatic amines is 1. The van der Waals surface area contributed by atoms with Gasteiger partial charge < -0.3 is 15.6 Å². The summed E-state index contributed by atoms with van der Waals surface area (Å²) in [7, 11) is 0. The molecule has 0 aliphatic carbocycles. The largest absolute Gasteiger partial charge is 0.361 e. The van der Waals surface area contributed by atoms with Gasteiger partial charge in [0, 0.05) is 34.8 Å². The number of carbonyl (C=O) groups excluding carboxylic acids is 4. The van der Waals surface area contributed by atoms with Gasteiger partial charge in [-0.15, -0.1) is 0 Å². The molecule has 2 aromatic carbocycles. The monoisotopic (exact) mass is 418 g/mol. The molecule has 0 spiro atoms. The van der Waals surface area contributed by atoms with Crippen LogP contribution in [0.4, 0.5) is 10.5 Å². The number of amides is 4. The van der Waals surface area contributed by atoms with E-state index in [2.05, 4.69) is 15.6 Å². The van der Waals surface area contributed by atoms with Crippen molar-refractivity contribution < 1.29 is 19.2 Å². The molecule has 3 N–H and O–H groups in total. The standard InChI is InChI=1S/C23H22N4O4/c1-13(21(29)25-17-7-5-6-15(10-17)14(2)28)27-22(30)20(26-23(27)31)11-16-12-24-19-9-4-3-8-18(16)19/h3-10,12-13,20,24H,11H2,1-2H3,(H,25,29)(H,26,31)/t13-,20-/m1/s1. The molecule has 0 bridgehead atoms. The Morgan fingerprint density at radius 3 is 2.68 bits per heavy atom. The number of anilines is 1. The third-order valence-corrected chi connectivity index (χ3v) is 5.45. The van der Waals surface area contributed by atoms with E-state index in [-0.39, 0.29) is 5.78 Å². The van der Waals surface area contributed by atoms with E-state index in [0.29, 0.717) is 17.7 Å². The quantitative estimate of drug-likeness (QED) is 0.422. The molecule has 4 rings (SSSR count). The van der Waals surface area contributed by atoms with Gasteiger partial charge in [0.15, 0.2) is 5.78 Å². The second kappa shape index (κ2) is 8.06. The topological polar surface area (TPSA) is 111 Å². The summed E-state index contributed by atoms with van der Waals surface area (Å²) in [6.07, 6.45) is 2.14. The fourth-order valence-electron chi connectivity index (χ4n) is 3.75. The zero-order chi connectivity index (χ0) is 22.1. The van der Waals surface area contributed by atoms with Crippen LogP contribution in [0, 0.1) is 0 Å². The van der Waals surface area contributed by atoms with Gasteiger partial charge in [0.05, 0.1) is 0 Å². The summed E-state index contributed by atoms with van der Waals surface area (Å²) >= 11 is 0. The number of rotatable bonds is 6. The normalized spacial score (nSPS) is 17.0. The number of fused-ring (bicyclic) bond motifs is 1. The van der Waals surface area contributed by atoms with Crippen LogP contribution in [0.1, 0.15) is 29.8 Å². The number of urea groups is 1. The summed E-state index contributed by atoms with van der Waals surface area (Å²) in [4.78, 5) is 53.8. The summed E-state index contributed by atoms with van der Waals surface area (Å²) in [5.41, 5.74) is 2.74. The minimum Gasteiger partial charge on any atom is -0.361 e. The number of hydrogen-bond donors (Lipinski definition) is 3. The fourth-order valence-corrected chi connectivity index (χ4v) is 3.75. The molecule has 31 heavy (non-hydrogen) atoms. The van der Waals surface area contributed by atoms with Crippen molar-refractivity contribution in [3.63, 3.8) is 0 Å². The van der Waals surface area contributed by atoms with Crippen LogP contribution in [0.2, 0.25) is 0 Å². The molecule has 1 aliphatic heterocycles. The Labute approximate surface area is 178 Å². The lowest BCUT2D eigenvalue weighted by molar-refractivity contribution is -0.133. The molecule has 2 heterocycles. The van der Waals surface area contributed by atoms with Gasteiger partial charge >= 0.3 is 6.03 Å². The van der Waals surface area contributed by atoms with Gasteiger partial charge in [0.1, 0.15) is 12.1 Å². The number of benzene rings is 2. The van der Waals surface area contributed by atoms with Crippen molar-refractivity contribution in [2.75, 3.05) is 5.32 Å². The third-order valence-electron chi connectivity index (χ3n) is 5.45. The molecule has 158 valence electrons. The highest BCUT2D eigenvalue weighted by Gasteiger charge is 2.43. The van der Waals surface area contributed by atoms with Gasteiger partial charge in [0.2, 0.25) is 5.91 Å². The maximum Gasteiger partial charge on any atom is 0.325 e. The number of aromatic nitrogens is 1. The average molecular weight is 418 g/mol. The highest BCUT2D eigenvalue weighted by atomic mass is 16.2. The number of hydrogen-bond acceptors (Lipinski definition) is 4. The Kier molecular flexibility index (Phi) is 5.29. The van der Waals surface area contributed by atoms with Gasteiger partial charge in [-0.2, -0.15) is 0 Å². The van der Waals surface area contributed by atoms with E-state index in [9.17, 15) is 19.2 Å². The van der Waals surface area contributed by atoms with Crippen molar-refractivity contribution >= 4 is 40.2 Å². The summed E-state index contributed by atoms with van der Waals surface area (Å²) in [5, 5.41) is 6.33. The first-order valence-electron chi connectivity index (χ1n) is 9.95. The summed E-state index contributed by atoms with van der Waals surface area (Å²) in [5.74, 6) is -1.09. The van der Waals surface area contributed by atoms with E-state index in [1.165, 1.54) is 13.8 Å². The van der Waals surface area contributed by atoms with E-state index in [1.54, 1.807) is 24.3 Å². The SMILES string of the molecule is CC(=O)c1cccc(NC(=O)[C@@H](C)N2C(=O)N[C@H](Cc3c[nH]c4ccccc34)C2=O)c1.